The molecule has 0 aliphatic heterocycles. The molecule has 0 radical (unpaired) electrons. The summed E-state index contributed by atoms with van der Waals surface area (Å²) in [5, 5.41) is 5.12. The van der Waals surface area contributed by atoms with Gasteiger partial charge < -0.3 is 4.90 Å². The third-order valence-corrected chi connectivity index (χ3v) is 3.11. The number of aryl methyl sites for hydroxylation is 1. The Labute approximate surface area is 90.8 Å². The van der Waals surface area contributed by atoms with Crippen LogP contribution in [0.2, 0.25) is 0 Å². The van der Waals surface area contributed by atoms with Crippen LogP contribution in [0, 0.1) is 6.92 Å². The Hall–Kier alpha value is -0.910. The van der Waals surface area contributed by atoms with Gasteiger partial charge in [0, 0.05) is 6.54 Å². The first-order chi connectivity index (χ1) is 6.80. The number of nitrogens with two attached hydrogens (primary N) is 1. The van der Waals surface area contributed by atoms with E-state index < -0.39 is 10.0 Å². The quantitative estimate of drug-likeness (QED) is 0.828. The van der Waals surface area contributed by atoms with Crippen molar-refractivity contribution in [2.24, 2.45) is 5.14 Å². The van der Waals surface area contributed by atoms with Gasteiger partial charge >= 0.3 is 0 Å². The van der Waals surface area contributed by atoms with Crippen LogP contribution >= 0.6 is 0 Å². The summed E-state index contributed by atoms with van der Waals surface area (Å²) in [5.74, 6) is 0. The van der Waals surface area contributed by atoms with Crippen LogP contribution in [-0.4, -0.2) is 27.4 Å². The van der Waals surface area contributed by atoms with Gasteiger partial charge in [-0.2, -0.15) is 0 Å². The van der Waals surface area contributed by atoms with E-state index in [0.717, 1.165) is 5.56 Å². The second kappa shape index (κ2) is 4.30. The fourth-order valence-corrected chi connectivity index (χ4v) is 2.25. The van der Waals surface area contributed by atoms with Crippen molar-refractivity contribution in [2.75, 3.05) is 14.1 Å². The molecule has 0 saturated heterocycles. The summed E-state index contributed by atoms with van der Waals surface area (Å²) < 4.78 is 22.5. The first-order valence-corrected chi connectivity index (χ1v) is 6.12. The van der Waals surface area contributed by atoms with E-state index in [4.69, 9.17) is 5.14 Å². The van der Waals surface area contributed by atoms with Gasteiger partial charge in [0.05, 0.1) is 4.90 Å². The number of hydrogen-bond acceptors (Lipinski definition) is 3. The Morgan fingerprint density at radius 2 is 1.93 bits per heavy atom. The third-order valence-electron chi connectivity index (χ3n) is 2.06. The molecule has 0 atom stereocenters. The van der Waals surface area contributed by atoms with Crippen molar-refractivity contribution in [1.29, 1.82) is 0 Å². The highest BCUT2D eigenvalue weighted by atomic mass is 32.2. The summed E-state index contributed by atoms with van der Waals surface area (Å²) in [6.45, 7) is 2.43. The van der Waals surface area contributed by atoms with Gasteiger partial charge in [0.15, 0.2) is 0 Å². The van der Waals surface area contributed by atoms with E-state index in [1.54, 1.807) is 19.1 Å². The van der Waals surface area contributed by atoms with Crippen LogP contribution in [-0.2, 0) is 16.6 Å². The lowest BCUT2D eigenvalue weighted by atomic mass is 10.1. The zero-order valence-corrected chi connectivity index (χ0v) is 10.0. The van der Waals surface area contributed by atoms with Crippen LogP contribution in [0.5, 0.6) is 0 Å². The van der Waals surface area contributed by atoms with Crippen molar-refractivity contribution in [3.05, 3.63) is 29.3 Å². The van der Waals surface area contributed by atoms with Gasteiger partial charge in [0.1, 0.15) is 0 Å². The topological polar surface area (TPSA) is 63.4 Å². The summed E-state index contributed by atoms with van der Waals surface area (Å²) in [5.41, 5.74) is 1.62. The molecule has 1 aromatic carbocycles. The minimum absolute atomic E-state index is 0.210. The maximum Gasteiger partial charge on any atom is 0.238 e. The molecule has 84 valence electrons. The van der Waals surface area contributed by atoms with Gasteiger partial charge in [-0.3, -0.25) is 0 Å². The minimum Gasteiger partial charge on any atom is -0.305 e. The molecule has 0 unspecified atom stereocenters. The van der Waals surface area contributed by atoms with Crippen LogP contribution < -0.4 is 5.14 Å². The zero-order chi connectivity index (χ0) is 11.6. The van der Waals surface area contributed by atoms with E-state index in [9.17, 15) is 8.42 Å². The molecule has 5 heteroatoms. The van der Waals surface area contributed by atoms with Crippen LogP contribution in [0.1, 0.15) is 11.1 Å². The van der Waals surface area contributed by atoms with Gasteiger partial charge in [-0.05, 0) is 38.2 Å². The van der Waals surface area contributed by atoms with Gasteiger partial charge in [-0.1, -0.05) is 12.1 Å². The maximum atomic E-state index is 11.3. The molecule has 2 N–H and O–H groups in total. The van der Waals surface area contributed by atoms with E-state index in [-0.39, 0.29) is 4.90 Å². The lowest BCUT2D eigenvalue weighted by Crippen LogP contribution is -2.15. The maximum absolute atomic E-state index is 11.3. The van der Waals surface area contributed by atoms with Crippen molar-refractivity contribution < 1.29 is 8.42 Å². The lowest BCUT2D eigenvalue weighted by molar-refractivity contribution is 0.402. The largest absolute Gasteiger partial charge is 0.305 e. The van der Waals surface area contributed by atoms with Gasteiger partial charge in [0.2, 0.25) is 10.0 Å². The highest BCUT2D eigenvalue weighted by Gasteiger charge is 2.11. The van der Waals surface area contributed by atoms with E-state index in [2.05, 4.69) is 0 Å². The molecule has 0 aromatic heterocycles. The molecule has 1 aromatic rings. The zero-order valence-electron chi connectivity index (χ0n) is 9.19. The Morgan fingerprint density at radius 1 is 1.33 bits per heavy atom. The van der Waals surface area contributed by atoms with E-state index in [1.807, 2.05) is 25.1 Å². The van der Waals surface area contributed by atoms with Crippen molar-refractivity contribution in [1.82, 2.24) is 4.90 Å². The highest BCUT2D eigenvalue weighted by molar-refractivity contribution is 7.89. The second-order valence-corrected chi connectivity index (χ2v) is 5.41. The monoisotopic (exact) mass is 228 g/mol. The molecule has 15 heavy (non-hydrogen) atoms. The molecular formula is C10H16N2O2S. The fourth-order valence-electron chi connectivity index (χ4n) is 1.41. The molecule has 4 nitrogen and oxygen atoms in total. The average molecular weight is 228 g/mol. The first kappa shape index (κ1) is 12.2. The molecular weight excluding hydrogens is 212 g/mol. The predicted octanol–water partition coefficient (Wildman–Crippen LogP) is 0.704. The third kappa shape index (κ3) is 3.30. The Kier molecular flexibility index (Phi) is 3.49. The summed E-state index contributed by atoms with van der Waals surface area (Å²) in [7, 11) is 0.244. The molecule has 0 heterocycles. The molecule has 1 rings (SSSR count). The fraction of sp³-hybridized carbons (Fsp3) is 0.400. The van der Waals surface area contributed by atoms with Gasteiger partial charge in [-0.15, -0.1) is 0 Å². The van der Waals surface area contributed by atoms with Crippen molar-refractivity contribution in [3.8, 4) is 0 Å². The van der Waals surface area contributed by atoms with Crippen LogP contribution in [0.15, 0.2) is 23.1 Å². The Bertz CT molecular complexity index is 452. The summed E-state index contributed by atoms with van der Waals surface area (Å²) >= 11 is 0. The number of hydrogen-bond donors (Lipinski definition) is 1. The van der Waals surface area contributed by atoms with Crippen LogP contribution in [0.25, 0.3) is 0 Å². The van der Waals surface area contributed by atoms with Crippen molar-refractivity contribution in [3.63, 3.8) is 0 Å². The SMILES string of the molecule is Cc1ccc(CN(C)C)cc1S(N)(=O)=O. The smallest absolute Gasteiger partial charge is 0.238 e. The summed E-state index contributed by atoms with van der Waals surface area (Å²) in [6.07, 6.45) is 0. The van der Waals surface area contributed by atoms with E-state index in [1.165, 1.54) is 0 Å². The molecule has 0 fully saturated rings. The number of benzene rings is 1. The van der Waals surface area contributed by atoms with Crippen molar-refractivity contribution in [2.45, 2.75) is 18.4 Å². The van der Waals surface area contributed by atoms with E-state index >= 15 is 0 Å². The first-order valence-electron chi connectivity index (χ1n) is 4.58. The molecule has 0 aliphatic rings. The standard InChI is InChI=1S/C10H16N2O2S/c1-8-4-5-9(7-12(2)3)6-10(8)15(11,13)14/h4-6H,7H2,1-3H3,(H2,11,13,14). The highest BCUT2D eigenvalue weighted by Crippen LogP contribution is 2.16. The number of rotatable bonds is 3. The molecule has 0 bridgehead atoms. The number of nitrogens with zero attached hydrogens (tertiary/aromatic N) is 1. The number of primary sulfonamides is 1. The minimum atomic E-state index is -3.61. The van der Waals surface area contributed by atoms with E-state index in [0.29, 0.717) is 12.1 Å². The molecule has 0 spiro atoms. The normalized spacial score (nSPS) is 12.1. The second-order valence-electron chi connectivity index (χ2n) is 3.88. The number of sulfonamides is 1. The van der Waals surface area contributed by atoms with Crippen molar-refractivity contribution >= 4 is 10.0 Å². The Balaban J connectivity index is 3.18. The average Bonchev–Trinajstić information content (AvgIpc) is 2.05. The molecule has 0 saturated carbocycles. The van der Waals surface area contributed by atoms with Crippen LogP contribution in [0.3, 0.4) is 0 Å². The molecule has 0 amide bonds. The molecule has 0 aliphatic carbocycles. The van der Waals surface area contributed by atoms with Gasteiger partial charge in [0.25, 0.3) is 0 Å². The predicted molar refractivity (Wildman–Crippen MR) is 59.9 cm³/mol. The Morgan fingerprint density at radius 3 is 2.40 bits per heavy atom. The van der Waals surface area contributed by atoms with Gasteiger partial charge in [-0.25, -0.2) is 13.6 Å². The summed E-state index contributed by atoms with van der Waals surface area (Å²) in [6, 6.07) is 5.31. The summed E-state index contributed by atoms with van der Waals surface area (Å²) in [4.78, 5) is 2.18. The lowest BCUT2D eigenvalue weighted by Gasteiger charge is -2.11. The van der Waals surface area contributed by atoms with Crippen LogP contribution in [0.4, 0.5) is 0 Å².